The van der Waals surface area contributed by atoms with Gasteiger partial charge in [0.05, 0.1) is 39.3 Å². The Kier molecular flexibility index (Phi) is 7.67. The lowest BCUT2D eigenvalue weighted by atomic mass is 10.2. The van der Waals surface area contributed by atoms with Gasteiger partial charge in [-0.15, -0.1) is 0 Å². The van der Waals surface area contributed by atoms with E-state index in [2.05, 4.69) is 10.0 Å². The van der Waals surface area contributed by atoms with Gasteiger partial charge in [0.15, 0.2) is 0 Å². The van der Waals surface area contributed by atoms with Crippen LogP contribution in [0.2, 0.25) is 5.02 Å². The van der Waals surface area contributed by atoms with Crippen LogP contribution in [0.15, 0.2) is 76.5 Å². The molecule has 1 fully saturated rings. The van der Waals surface area contributed by atoms with E-state index in [-0.39, 0.29) is 39.2 Å². The van der Waals surface area contributed by atoms with Gasteiger partial charge in [0.1, 0.15) is 0 Å². The number of benzene rings is 3. The summed E-state index contributed by atoms with van der Waals surface area (Å²) in [5.41, 5.74) is 1.64. The van der Waals surface area contributed by atoms with E-state index in [1.165, 1.54) is 58.9 Å². The van der Waals surface area contributed by atoms with Crippen molar-refractivity contribution in [2.75, 3.05) is 36.3 Å². The first-order valence-corrected chi connectivity index (χ1v) is 14.2. The number of anilines is 2. The number of nitrogens with one attached hydrogen (secondary N) is 2. The number of morpholine rings is 1. The summed E-state index contributed by atoms with van der Waals surface area (Å²) in [6.45, 7) is 3.13. The standard InChI is InChI=1S/C24H24ClN3O6S2/c1-17-2-7-20(8-3-17)35(30,31)27-19-6-11-22(23(25)16-19)24(29)26-18-4-9-21(10-5-18)36(32,33)28-12-14-34-15-13-28/h2-11,16,27H,12-15H2,1H3,(H,26,29). The molecule has 1 saturated heterocycles. The lowest BCUT2D eigenvalue weighted by molar-refractivity contribution is 0.0730. The number of nitrogens with zero attached hydrogens (tertiary/aromatic N) is 1. The Balaban J connectivity index is 1.44. The number of halogens is 1. The fraction of sp³-hybridized carbons (Fsp3) is 0.208. The fourth-order valence-corrected chi connectivity index (χ4v) is 6.26. The summed E-state index contributed by atoms with van der Waals surface area (Å²) in [5.74, 6) is -0.531. The van der Waals surface area contributed by atoms with Crippen LogP contribution in [0.3, 0.4) is 0 Å². The van der Waals surface area contributed by atoms with E-state index in [1.807, 2.05) is 6.92 Å². The molecule has 3 aromatic rings. The number of amides is 1. The average molecular weight is 550 g/mol. The van der Waals surface area contributed by atoms with Gasteiger partial charge in [0, 0.05) is 18.8 Å². The fourth-order valence-electron chi connectivity index (χ4n) is 3.54. The molecule has 1 amide bonds. The molecule has 1 heterocycles. The van der Waals surface area contributed by atoms with Gasteiger partial charge in [-0.2, -0.15) is 4.31 Å². The van der Waals surface area contributed by atoms with E-state index in [0.717, 1.165) is 5.56 Å². The second-order valence-electron chi connectivity index (χ2n) is 8.11. The third kappa shape index (κ3) is 5.88. The largest absolute Gasteiger partial charge is 0.379 e. The predicted molar refractivity (Wildman–Crippen MR) is 137 cm³/mol. The molecule has 0 atom stereocenters. The molecule has 4 rings (SSSR count). The van der Waals surface area contributed by atoms with Gasteiger partial charge in [-0.05, 0) is 61.5 Å². The molecule has 190 valence electrons. The predicted octanol–water partition coefficient (Wildman–Crippen LogP) is 3.72. The molecule has 0 radical (unpaired) electrons. The van der Waals surface area contributed by atoms with E-state index in [4.69, 9.17) is 16.3 Å². The van der Waals surface area contributed by atoms with Crippen LogP contribution in [0, 0.1) is 6.92 Å². The van der Waals surface area contributed by atoms with E-state index in [0.29, 0.717) is 18.9 Å². The maximum atomic E-state index is 12.7. The van der Waals surface area contributed by atoms with Gasteiger partial charge in [-0.25, -0.2) is 16.8 Å². The number of hydrogen-bond donors (Lipinski definition) is 2. The van der Waals surface area contributed by atoms with Crippen molar-refractivity contribution in [1.82, 2.24) is 4.31 Å². The summed E-state index contributed by atoms with van der Waals surface area (Å²) in [5, 5.41) is 2.71. The molecular weight excluding hydrogens is 526 g/mol. The smallest absolute Gasteiger partial charge is 0.261 e. The van der Waals surface area contributed by atoms with E-state index in [1.54, 1.807) is 12.1 Å². The molecule has 0 unspecified atom stereocenters. The topological polar surface area (TPSA) is 122 Å². The van der Waals surface area contributed by atoms with E-state index in [9.17, 15) is 21.6 Å². The molecule has 0 bridgehead atoms. The third-order valence-electron chi connectivity index (χ3n) is 5.52. The number of aryl methyl sites for hydroxylation is 1. The molecule has 2 N–H and O–H groups in total. The zero-order valence-corrected chi connectivity index (χ0v) is 21.7. The first-order chi connectivity index (χ1) is 17.1. The normalized spacial score (nSPS) is 14.8. The van der Waals surface area contributed by atoms with Crippen LogP contribution in [0.1, 0.15) is 15.9 Å². The van der Waals surface area contributed by atoms with Crippen molar-refractivity contribution in [3.63, 3.8) is 0 Å². The van der Waals surface area contributed by atoms with Gasteiger partial charge in [0.2, 0.25) is 10.0 Å². The Labute approximate surface area is 215 Å². The highest BCUT2D eigenvalue weighted by Crippen LogP contribution is 2.25. The maximum Gasteiger partial charge on any atom is 0.261 e. The highest BCUT2D eigenvalue weighted by Gasteiger charge is 2.26. The van der Waals surface area contributed by atoms with Crippen molar-refractivity contribution in [3.8, 4) is 0 Å². The first kappa shape index (κ1) is 26.1. The second-order valence-corrected chi connectivity index (χ2v) is 12.1. The summed E-state index contributed by atoms with van der Waals surface area (Å²) in [6.07, 6.45) is 0. The van der Waals surface area contributed by atoms with Crippen LogP contribution < -0.4 is 10.0 Å². The second kappa shape index (κ2) is 10.6. The minimum absolute atomic E-state index is 0.0446. The molecule has 36 heavy (non-hydrogen) atoms. The molecule has 9 nitrogen and oxygen atoms in total. The van der Waals surface area contributed by atoms with Crippen LogP contribution in [0.5, 0.6) is 0 Å². The highest BCUT2D eigenvalue weighted by molar-refractivity contribution is 7.92. The molecule has 1 aliphatic rings. The summed E-state index contributed by atoms with van der Waals surface area (Å²) >= 11 is 6.27. The number of carbonyl (C=O) groups is 1. The molecular formula is C24H24ClN3O6S2. The Morgan fingerprint density at radius 1 is 0.861 bits per heavy atom. The van der Waals surface area contributed by atoms with Crippen molar-refractivity contribution in [3.05, 3.63) is 82.9 Å². The Morgan fingerprint density at radius 2 is 1.44 bits per heavy atom. The average Bonchev–Trinajstić information content (AvgIpc) is 2.85. The Hall–Kier alpha value is -2.96. The Bertz CT molecular complexity index is 1470. The number of sulfonamides is 2. The van der Waals surface area contributed by atoms with Crippen molar-refractivity contribution in [2.45, 2.75) is 16.7 Å². The van der Waals surface area contributed by atoms with Gasteiger partial charge in [0.25, 0.3) is 15.9 Å². The van der Waals surface area contributed by atoms with E-state index >= 15 is 0 Å². The highest BCUT2D eigenvalue weighted by atomic mass is 35.5. The van der Waals surface area contributed by atoms with Gasteiger partial charge >= 0.3 is 0 Å². The van der Waals surface area contributed by atoms with Gasteiger partial charge < -0.3 is 10.1 Å². The molecule has 12 heteroatoms. The molecule has 0 spiro atoms. The van der Waals surface area contributed by atoms with Crippen molar-refractivity contribution in [1.29, 1.82) is 0 Å². The van der Waals surface area contributed by atoms with Crippen molar-refractivity contribution >= 4 is 48.9 Å². The van der Waals surface area contributed by atoms with Crippen LogP contribution in [0.25, 0.3) is 0 Å². The van der Waals surface area contributed by atoms with Gasteiger partial charge in [-0.1, -0.05) is 29.3 Å². The summed E-state index contributed by atoms with van der Waals surface area (Å²) < 4.78 is 59.7. The van der Waals surface area contributed by atoms with Crippen LogP contribution in [-0.2, 0) is 24.8 Å². The van der Waals surface area contributed by atoms with Crippen LogP contribution in [-0.4, -0.2) is 53.4 Å². The van der Waals surface area contributed by atoms with E-state index < -0.39 is 26.0 Å². The molecule has 3 aromatic carbocycles. The number of carbonyl (C=O) groups excluding carboxylic acids is 1. The van der Waals surface area contributed by atoms with Crippen molar-refractivity contribution < 1.29 is 26.4 Å². The quantitative estimate of drug-likeness (QED) is 0.463. The number of rotatable bonds is 7. The SMILES string of the molecule is Cc1ccc(S(=O)(=O)Nc2ccc(C(=O)Nc3ccc(S(=O)(=O)N4CCOCC4)cc3)c(Cl)c2)cc1. The zero-order chi connectivity index (χ0) is 25.9. The summed E-state index contributed by atoms with van der Waals surface area (Å²) in [7, 11) is -7.47. The minimum Gasteiger partial charge on any atom is -0.379 e. The lowest BCUT2D eigenvalue weighted by Crippen LogP contribution is -2.40. The maximum absolute atomic E-state index is 12.7. The van der Waals surface area contributed by atoms with Crippen LogP contribution >= 0.6 is 11.6 Å². The zero-order valence-electron chi connectivity index (χ0n) is 19.3. The molecule has 0 aromatic heterocycles. The monoisotopic (exact) mass is 549 g/mol. The lowest BCUT2D eigenvalue weighted by Gasteiger charge is -2.26. The Morgan fingerprint density at radius 3 is 2.06 bits per heavy atom. The van der Waals surface area contributed by atoms with Gasteiger partial charge in [-0.3, -0.25) is 9.52 Å². The number of ether oxygens (including phenoxy) is 1. The molecule has 1 aliphatic heterocycles. The third-order valence-corrected chi connectivity index (χ3v) is 9.14. The summed E-state index contributed by atoms with van der Waals surface area (Å²) in [6, 6.07) is 16.4. The van der Waals surface area contributed by atoms with Crippen molar-refractivity contribution in [2.24, 2.45) is 0 Å². The molecule has 0 saturated carbocycles. The molecule has 0 aliphatic carbocycles. The van der Waals surface area contributed by atoms with Crippen LogP contribution in [0.4, 0.5) is 11.4 Å². The number of hydrogen-bond acceptors (Lipinski definition) is 6. The summed E-state index contributed by atoms with van der Waals surface area (Å²) in [4.78, 5) is 13.0. The first-order valence-electron chi connectivity index (χ1n) is 10.9. The minimum atomic E-state index is -3.82.